The van der Waals surface area contributed by atoms with Crippen LogP contribution in [0.4, 0.5) is 0 Å². The van der Waals surface area contributed by atoms with Crippen molar-refractivity contribution in [2.45, 2.75) is 26.4 Å². The molecule has 0 saturated heterocycles. The molecule has 4 nitrogen and oxygen atoms in total. The van der Waals surface area contributed by atoms with Gasteiger partial charge in [-0.15, -0.1) is 12.4 Å². The summed E-state index contributed by atoms with van der Waals surface area (Å²) in [5, 5.41) is 12.1. The number of rotatable bonds is 6. The summed E-state index contributed by atoms with van der Waals surface area (Å²) < 4.78 is 5.31. The van der Waals surface area contributed by atoms with E-state index in [4.69, 9.17) is 21.4 Å². The summed E-state index contributed by atoms with van der Waals surface area (Å²) in [5.74, 6) is -0.230. The Hall–Kier alpha value is -0.970. The number of aliphatic carboxylic acids is 1. The van der Waals surface area contributed by atoms with Crippen LogP contribution in [-0.2, 0) is 11.3 Å². The number of carbonyl (C=O) groups is 1. The first kappa shape index (κ1) is 17.0. The predicted molar refractivity (Wildman–Crippen MR) is 73.8 cm³/mol. The van der Waals surface area contributed by atoms with Crippen molar-refractivity contribution >= 4 is 30.0 Å². The Morgan fingerprint density at radius 1 is 1.56 bits per heavy atom. The number of carboxylic acids is 1. The highest BCUT2D eigenvalue weighted by atomic mass is 35.5. The second-order valence-electron chi connectivity index (χ2n) is 3.64. The maximum atomic E-state index is 10.6. The summed E-state index contributed by atoms with van der Waals surface area (Å²) in [6.45, 7) is 4.51. The van der Waals surface area contributed by atoms with Gasteiger partial charge in [-0.25, -0.2) is 0 Å². The Labute approximate surface area is 118 Å². The number of halogens is 2. The first-order valence-corrected chi connectivity index (χ1v) is 5.79. The van der Waals surface area contributed by atoms with Crippen molar-refractivity contribution in [3.05, 3.63) is 28.8 Å². The van der Waals surface area contributed by atoms with E-state index in [2.05, 4.69) is 5.32 Å². The minimum Gasteiger partial charge on any atom is -0.492 e. The number of carboxylic acid groups (broad SMARTS) is 1. The minimum atomic E-state index is -0.873. The third-order valence-corrected chi connectivity index (χ3v) is 2.57. The summed E-state index contributed by atoms with van der Waals surface area (Å²) >= 11 is 6.02. The number of nitrogens with one attached hydrogen (secondary N) is 1. The van der Waals surface area contributed by atoms with Gasteiger partial charge in [0.05, 0.1) is 11.6 Å². The van der Waals surface area contributed by atoms with Gasteiger partial charge in [-0.05, 0) is 31.5 Å². The molecule has 0 heterocycles. The Kier molecular flexibility index (Phi) is 7.75. The van der Waals surface area contributed by atoms with Crippen LogP contribution in [0, 0.1) is 0 Å². The van der Waals surface area contributed by atoms with Gasteiger partial charge in [0.1, 0.15) is 11.8 Å². The number of ether oxygens (including phenoxy) is 1. The molecule has 0 bridgehead atoms. The van der Waals surface area contributed by atoms with Gasteiger partial charge in [0.25, 0.3) is 0 Å². The quantitative estimate of drug-likeness (QED) is 0.847. The molecule has 0 aromatic heterocycles. The molecule has 0 aliphatic carbocycles. The molecular weight excluding hydrogens is 277 g/mol. The lowest BCUT2D eigenvalue weighted by atomic mass is 10.2. The van der Waals surface area contributed by atoms with Crippen molar-refractivity contribution in [2.24, 2.45) is 0 Å². The van der Waals surface area contributed by atoms with Gasteiger partial charge in [0.2, 0.25) is 0 Å². The van der Waals surface area contributed by atoms with Gasteiger partial charge in [0, 0.05) is 6.54 Å². The lowest BCUT2D eigenvalue weighted by Gasteiger charge is -2.11. The van der Waals surface area contributed by atoms with Crippen LogP contribution in [0.2, 0.25) is 5.02 Å². The number of hydrogen-bond acceptors (Lipinski definition) is 3. The average Bonchev–Trinajstić information content (AvgIpc) is 2.29. The highest BCUT2D eigenvalue weighted by molar-refractivity contribution is 6.32. The van der Waals surface area contributed by atoms with Gasteiger partial charge in [-0.2, -0.15) is 0 Å². The first-order chi connectivity index (χ1) is 8.04. The Bertz CT molecular complexity index is 399. The molecule has 1 rings (SSSR count). The summed E-state index contributed by atoms with van der Waals surface area (Å²) in [7, 11) is 0. The molecule has 6 heteroatoms. The van der Waals surface area contributed by atoms with Crippen LogP contribution in [0.1, 0.15) is 19.4 Å². The number of benzene rings is 1. The van der Waals surface area contributed by atoms with Crippen LogP contribution in [0.15, 0.2) is 18.2 Å². The Morgan fingerprint density at radius 2 is 2.22 bits per heavy atom. The zero-order valence-electron chi connectivity index (χ0n) is 10.3. The van der Waals surface area contributed by atoms with E-state index in [0.717, 1.165) is 5.56 Å². The molecule has 102 valence electrons. The monoisotopic (exact) mass is 293 g/mol. The normalized spacial score (nSPS) is 11.5. The Balaban J connectivity index is 0.00000289. The fourth-order valence-corrected chi connectivity index (χ4v) is 1.54. The van der Waals surface area contributed by atoms with E-state index >= 15 is 0 Å². The Morgan fingerprint density at radius 3 is 2.72 bits per heavy atom. The summed E-state index contributed by atoms with van der Waals surface area (Å²) in [6.07, 6.45) is 0. The third kappa shape index (κ3) is 5.12. The highest BCUT2D eigenvalue weighted by Gasteiger charge is 2.10. The summed E-state index contributed by atoms with van der Waals surface area (Å²) in [4.78, 5) is 10.6. The fourth-order valence-electron chi connectivity index (χ4n) is 1.29. The molecule has 1 atom stereocenters. The second kappa shape index (κ2) is 8.19. The molecule has 18 heavy (non-hydrogen) atoms. The zero-order valence-corrected chi connectivity index (χ0v) is 11.8. The third-order valence-electron chi connectivity index (χ3n) is 2.28. The predicted octanol–water partition coefficient (Wildman–Crippen LogP) is 2.72. The topological polar surface area (TPSA) is 58.6 Å². The van der Waals surface area contributed by atoms with E-state index in [1.165, 1.54) is 0 Å². The van der Waals surface area contributed by atoms with Crippen LogP contribution >= 0.6 is 24.0 Å². The van der Waals surface area contributed by atoms with Gasteiger partial charge in [-0.1, -0.05) is 17.7 Å². The zero-order chi connectivity index (χ0) is 12.8. The van der Waals surface area contributed by atoms with Gasteiger partial charge >= 0.3 is 5.97 Å². The van der Waals surface area contributed by atoms with Crippen molar-refractivity contribution in [1.29, 1.82) is 0 Å². The molecule has 2 N–H and O–H groups in total. The second-order valence-corrected chi connectivity index (χ2v) is 4.05. The van der Waals surface area contributed by atoms with E-state index in [0.29, 0.717) is 23.9 Å². The van der Waals surface area contributed by atoms with Crippen molar-refractivity contribution < 1.29 is 14.6 Å². The molecular formula is C12H17Cl2NO3. The van der Waals surface area contributed by atoms with Gasteiger partial charge in [0.15, 0.2) is 0 Å². The smallest absolute Gasteiger partial charge is 0.320 e. The molecule has 0 radical (unpaired) electrons. The molecule has 0 fully saturated rings. The van der Waals surface area contributed by atoms with Crippen LogP contribution in [-0.4, -0.2) is 23.7 Å². The molecule has 0 aliphatic heterocycles. The van der Waals surface area contributed by atoms with Crippen LogP contribution in [0.25, 0.3) is 0 Å². The maximum Gasteiger partial charge on any atom is 0.320 e. The molecule has 0 spiro atoms. The molecule has 1 aromatic rings. The first-order valence-electron chi connectivity index (χ1n) is 5.42. The SMILES string of the molecule is CCOc1ccc(CNC(C)C(=O)O)cc1Cl.Cl. The van der Waals surface area contributed by atoms with Gasteiger partial charge in [-0.3, -0.25) is 4.79 Å². The summed E-state index contributed by atoms with van der Waals surface area (Å²) in [5.41, 5.74) is 0.923. The van der Waals surface area contributed by atoms with Gasteiger partial charge < -0.3 is 15.2 Å². The van der Waals surface area contributed by atoms with Crippen molar-refractivity contribution in [3.8, 4) is 5.75 Å². The maximum absolute atomic E-state index is 10.6. The fraction of sp³-hybridized carbons (Fsp3) is 0.417. The summed E-state index contributed by atoms with van der Waals surface area (Å²) in [6, 6.07) is 4.83. The van der Waals surface area contributed by atoms with E-state index in [1.54, 1.807) is 19.1 Å². The standard InChI is InChI=1S/C12H16ClNO3.ClH/c1-3-17-11-5-4-9(6-10(11)13)7-14-8(2)12(15)16;/h4-6,8,14H,3,7H2,1-2H3,(H,15,16);1H. The van der Waals surface area contributed by atoms with Crippen LogP contribution < -0.4 is 10.1 Å². The van der Waals surface area contributed by atoms with Crippen molar-refractivity contribution in [1.82, 2.24) is 5.32 Å². The van der Waals surface area contributed by atoms with E-state index in [9.17, 15) is 4.79 Å². The highest BCUT2D eigenvalue weighted by Crippen LogP contribution is 2.25. The van der Waals surface area contributed by atoms with Crippen molar-refractivity contribution in [3.63, 3.8) is 0 Å². The molecule has 0 aliphatic rings. The van der Waals surface area contributed by atoms with E-state index in [1.807, 2.05) is 13.0 Å². The van der Waals surface area contributed by atoms with E-state index < -0.39 is 12.0 Å². The molecule has 1 unspecified atom stereocenters. The minimum absolute atomic E-state index is 0. The van der Waals surface area contributed by atoms with E-state index in [-0.39, 0.29) is 12.4 Å². The van der Waals surface area contributed by atoms with Crippen LogP contribution in [0.3, 0.4) is 0 Å². The molecule has 1 aromatic carbocycles. The molecule has 0 saturated carbocycles. The lowest BCUT2D eigenvalue weighted by molar-refractivity contribution is -0.139. The van der Waals surface area contributed by atoms with Crippen molar-refractivity contribution in [2.75, 3.05) is 6.61 Å². The lowest BCUT2D eigenvalue weighted by Crippen LogP contribution is -2.33. The average molecular weight is 294 g/mol. The molecule has 0 amide bonds. The van der Waals surface area contributed by atoms with Crippen LogP contribution in [0.5, 0.6) is 5.75 Å². The largest absolute Gasteiger partial charge is 0.492 e. The number of hydrogen-bond donors (Lipinski definition) is 2.